The molecule has 0 amide bonds. The van der Waals surface area contributed by atoms with Crippen molar-refractivity contribution in [1.29, 1.82) is 0 Å². The van der Waals surface area contributed by atoms with Crippen LogP contribution >= 0.6 is 0 Å². The molecular weight excluding hydrogens is 216 g/mol. The summed E-state index contributed by atoms with van der Waals surface area (Å²) >= 11 is 0. The maximum absolute atomic E-state index is 9.06. The zero-order valence-corrected chi connectivity index (χ0v) is 10.5. The number of hydrogen-bond acceptors (Lipinski definition) is 5. The molecule has 94 valence electrons. The Bertz CT molecular complexity index is 404. The Kier molecular flexibility index (Phi) is 3.47. The average molecular weight is 236 g/mol. The first-order chi connectivity index (χ1) is 8.17. The Labute approximate surface area is 102 Å². The summed E-state index contributed by atoms with van der Waals surface area (Å²) in [6.45, 7) is 5.49. The molecule has 1 aromatic rings. The number of nitrogens with two attached hydrogens (primary N) is 1. The second kappa shape index (κ2) is 4.87. The molecule has 5 heteroatoms. The lowest BCUT2D eigenvalue weighted by Crippen LogP contribution is -2.28. The minimum atomic E-state index is 0.121. The summed E-state index contributed by atoms with van der Waals surface area (Å²) in [5.41, 5.74) is 6.84. The second-order valence-electron chi connectivity index (χ2n) is 4.49. The van der Waals surface area contributed by atoms with Crippen molar-refractivity contribution in [2.24, 2.45) is 0 Å². The first kappa shape index (κ1) is 12.1. The third kappa shape index (κ3) is 2.49. The molecule has 0 aromatic carbocycles. The van der Waals surface area contributed by atoms with E-state index in [1.54, 1.807) is 0 Å². The van der Waals surface area contributed by atoms with Crippen LogP contribution in [0.15, 0.2) is 0 Å². The van der Waals surface area contributed by atoms with Crippen LogP contribution in [0.4, 0.5) is 11.6 Å². The number of aliphatic hydroxyl groups is 1. The topological polar surface area (TPSA) is 75.3 Å². The summed E-state index contributed by atoms with van der Waals surface area (Å²) in [6.07, 6.45) is 2.32. The minimum absolute atomic E-state index is 0.121. The SMILES string of the molecule is CCN(CCO)c1nc(C2CC2)nc(N)c1C. The molecule has 0 radical (unpaired) electrons. The van der Waals surface area contributed by atoms with Crippen molar-refractivity contribution in [3.05, 3.63) is 11.4 Å². The fourth-order valence-electron chi connectivity index (χ4n) is 1.91. The van der Waals surface area contributed by atoms with Gasteiger partial charge in [-0.25, -0.2) is 9.97 Å². The van der Waals surface area contributed by atoms with E-state index in [-0.39, 0.29) is 6.61 Å². The molecule has 0 unspecified atom stereocenters. The molecule has 1 fully saturated rings. The van der Waals surface area contributed by atoms with E-state index < -0.39 is 0 Å². The van der Waals surface area contributed by atoms with Gasteiger partial charge in [0, 0.05) is 24.6 Å². The number of nitrogens with zero attached hydrogens (tertiary/aromatic N) is 3. The van der Waals surface area contributed by atoms with Crippen LogP contribution in [-0.4, -0.2) is 34.8 Å². The maximum Gasteiger partial charge on any atom is 0.137 e. The minimum Gasteiger partial charge on any atom is -0.395 e. The van der Waals surface area contributed by atoms with Gasteiger partial charge in [-0.05, 0) is 26.7 Å². The smallest absolute Gasteiger partial charge is 0.137 e. The van der Waals surface area contributed by atoms with Crippen molar-refractivity contribution in [3.63, 3.8) is 0 Å². The van der Waals surface area contributed by atoms with E-state index >= 15 is 0 Å². The maximum atomic E-state index is 9.06. The van der Waals surface area contributed by atoms with Gasteiger partial charge in [-0.15, -0.1) is 0 Å². The predicted molar refractivity (Wildman–Crippen MR) is 68.1 cm³/mol. The Hall–Kier alpha value is -1.36. The monoisotopic (exact) mass is 236 g/mol. The summed E-state index contributed by atoms with van der Waals surface area (Å²) < 4.78 is 0. The number of hydrogen-bond donors (Lipinski definition) is 2. The van der Waals surface area contributed by atoms with Crippen LogP contribution in [0, 0.1) is 6.92 Å². The van der Waals surface area contributed by atoms with Crippen LogP contribution < -0.4 is 10.6 Å². The Balaban J connectivity index is 2.35. The van der Waals surface area contributed by atoms with Crippen LogP contribution in [0.2, 0.25) is 0 Å². The molecule has 0 spiro atoms. The van der Waals surface area contributed by atoms with Gasteiger partial charge < -0.3 is 15.7 Å². The van der Waals surface area contributed by atoms with Gasteiger partial charge in [-0.3, -0.25) is 0 Å². The molecule has 3 N–H and O–H groups in total. The molecule has 1 saturated carbocycles. The van der Waals surface area contributed by atoms with Gasteiger partial charge in [0.1, 0.15) is 17.5 Å². The molecular formula is C12H20N4O. The van der Waals surface area contributed by atoms with Crippen molar-refractivity contribution >= 4 is 11.6 Å². The number of aliphatic hydroxyl groups excluding tert-OH is 1. The molecule has 1 aliphatic carbocycles. The molecule has 5 nitrogen and oxygen atoms in total. The molecule has 0 atom stereocenters. The second-order valence-corrected chi connectivity index (χ2v) is 4.49. The highest BCUT2D eigenvalue weighted by Crippen LogP contribution is 2.39. The quantitative estimate of drug-likeness (QED) is 0.799. The summed E-state index contributed by atoms with van der Waals surface area (Å²) in [6, 6.07) is 0. The Morgan fingerprint density at radius 3 is 2.65 bits per heavy atom. The number of likely N-dealkylation sites (N-methyl/N-ethyl adjacent to an activating group) is 1. The van der Waals surface area contributed by atoms with Gasteiger partial charge in [-0.1, -0.05) is 0 Å². The summed E-state index contributed by atoms with van der Waals surface area (Å²) in [5.74, 6) is 2.79. The number of anilines is 2. The zero-order chi connectivity index (χ0) is 12.4. The van der Waals surface area contributed by atoms with Crippen molar-refractivity contribution in [2.75, 3.05) is 30.3 Å². The van der Waals surface area contributed by atoms with Gasteiger partial charge in [0.2, 0.25) is 0 Å². The van der Waals surface area contributed by atoms with Crippen molar-refractivity contribution in [1.82, 2.24) is 9.97 Å². The first-order valence-electron chi connectivity index (χ1n) is 6.17. The van der Waals surface area contributed by atoms with Gasteiger partial charge in [0.25, 0.3) is 0 Å². The molecule has 1 aromatic heterocycles. The number of aromatic nitrogens is 2. The van der Waals surface area contributed by atoms with E-state index in [0.717, 1.165) is 36.6 Å². The summed E-state index contributed by atoms with van der Waals surface area (Å²) in [4.78, 5) is 11.0. The van der Waals surface area contributed by atoms with E-state index in [2.05, 4.69) is 9.97 Å². The Morgan fingerprint density at radius 1 is 1.41 bits per heavy atom. The third-order valence-electron chi connectivity index (χ3n) is 3.17. The van der Waals surface area contributed by atoms with Crippen molar-refractivity contribution in [2.45, 2.75) is 32.6 Å². The summed E-state index contributed by atoms with van der Waals surface area (Å²) in [7, 11) is 0. The largest absolute Gasteiger partial charge is 0.395 e. The lowest BCUT2D eigenvalue weighted by Gasteiger charge is -2.23. The molecule has 1 heterocycles. The van der Waals surface area contributed by atoms with E-state index in [0.29, 0.717) is 18.3 Å². The highest BCUT2D eigenvalue weighted by molar-refractivity contribution is 5.56. The molecule has 17 heavy (non-hydrogen) atoms. The van der Waals surface area contributed by atoms with Crippen molar-refractivity contribution in [3.8, 4) is 0 Å². The first-order valence-corrected chi connectivity index (χ1v) is 6.17. The molecule has 0 aliphatic heterocycles. The predicted octanol–water partition coefficient (Wildman–Crippen LogP) is 1.06. The van der Waals surface area contributed by atoms with Gasteiger partial charge in [0.05, 0.1) is 6.61 Å². The molecule has 0 bridgehead atoms. The van der Waals surface area contributed by atoms with E-state index in [1.165, 1.54) is 0 Å². The van der Waals surface area contributed by atoms with Crippen LogP contribution in [0.5, 0.6) is 0 Å². The lowest BCUT2D eigenvalue weighted by atomic mass is 10.2. The summed E-state index contributed by atoms with van der Waals surface area (Å²) in [5, 5.41) is 9.06. The lowest BCUT2D eigenvalue weighted by molar-refractivity contribution is 0.302. The normalized spacial score (nSPS) is 15.0. The fourth-order valence-corrected chi connectivity index (χ4v) is 1.91. The highest BCUT2D eigenvalue weighted by Gasteiger charge is 2.28. The zero-order valence-electron chi connectivity index (χ0n) is 10.5. The van der Waals surface area contributed by atoms with E-state index in [1.807, 2.05) is 18.7 Å². The van der Waals surface area contributed by atoms with Gasteiger partial charge in [-0.2, -0.15) is 0 Å². The molecule has 2 rings (SSSR count). The number of nitrogen functional groups attached to an aromatic ring is 1. The van der Waals surface area contributed by atoms with Gasteiger partial charge >= 0.3 is 0 Å². The Morgan fingerprint density at radius 2 is 2.12 bits per heavy atom. The van der Waals surface area contributed by atoms with Crippen LogP contribution in [-0.2, 0) is 0 Å². The van der Waals surface area contributed by atoms with Crippen LogP contribution in [0.1, 0.15) is 37.1 Å². The molecule has 0 saturated heterocycles. The highest BCUT2D eigenvalue weighted by atomic mass is 16.3. The van der Waals surface area contributed by atoms with E-state index in [9.17, 15) is 0 Å². The van der Waals surface area contributed by atoms with E-state index in [4.69, 9.17) is 10.8 Å². The third-order valence-corrected chi connectivity index (χ3v) is 3.17. The van der Waals surface area contributed by atoms with Gasteiger partial charge in [0.15, 0.2) is 0 Å². The standard InChI is InChI=1S/C12H20N4O/c1-3-16(6-7-17)12-8(2)10(13)14-11(15-12)9-4-5-9/h9,17H,3-7H2,1-2H3,(H2,13,14,15). The fraction of sp³-hybridized carbons (Fsp3) is 0.667. The van der Waals surface area contributed by atoms with Crippen LogP contribution in [0.25, 0.3) is 0 Å². The van der Waals surface area contributed by atoms with Crippen LogP contribution in [0.3, 0.4) is 0 Å². The van der Waals surface area contributed by atoms with Crippen molar-refractivity contribution < 1.29 is 5.11 Å². The average Bonchev–Trinajstić information content (AvgIpc) is 3.14. The molecule has 1 aliphatic rings. The number of rotatable bonds is 5.